The van der Waals surface area contributed by atoms with Crippen molar-refractivity contribution in [1.29, 1.82) is 0 Å². The van der Waals surface area contributed by atoms with Crippen molar-refractivity contribution in [2.45, 2.75) is 24.9 Å². The van der Waals surface area contributed by atoms with Gasteiger partial charge in [-0.15, -0.1) is 0 Å². The third-order valence-corrected chi connectivity index (χ3v) is 2.84. The number of carbonyl (C=O) groups excluding carboxylic acids is 1. The third kappa shape index (κ3) is 2.97. The zero-order valence-corrected chi connectivity index (χ0v) is 10.1. The van der Waals surface area contributed by atoms with Crippen LogP contribution in [0.25, 0.3) is 0 Å². The predicted molar refractivity (Wildman–Crippen MR) is 63.9 cm³/mol. The van der Waals surface area contributed by atoms with Crippen molar-refractivity contribution in [2.75, 3.05) is 14.2 Å². The van der Waals surface area contributed by atoms with Crippen LogP contribution < -0.4 is 10.1 Å². The first-order valence-electron chi connectivity index (χ1n) is 5.72. The standard InChI is InChI=1S/C13H17NO3/c1-16-11-5-3-4-9(8-11)12(13(15)17-2)14-10-6-7-10/h3-5,8,10,12,14H,6-7H2,1-2H3. The van der Waals surface area contributed by atoms with Crippen LogP contribution in [0.1, 0.15) is 24.4 Å². The Morgan fingerprint density at radius 1 is 1.41 bits per heavy atom. The molecular formula is C13H17NO3. The van der Waals surface area contributed by atoms with E-state index in [1.165, 1.54) is 7.11 Å². The second-order valence-corrected chi connectivity index (χ2v) is 4.17. The summed E-state index contributed by atoms with van der Waals surface area (Å²) in [7, 11) is 3.02. The quantitative estimate of drug-likeness (QED) is 0.788. The molecule has 1 aromatic carbocycles. The van der Waals surface area contributed by atoms with Gasteiger partial charge in [0.2, 0.25) is 0 Å². The molecule has 1 aliphatic rings. The van der Waals surface area contributed by atoms with Crippen molar-refractivity contribution < 1.29 is 14.3 Å². The fourth-order valence-electron chi connectivity index (χ4n) is 1.72. The average Bonchev–Trinajstić information content (AvgIpc) is 3.19. The molecule has 1 fully saturated rings. The summed E-state index contributed by atoms with van der Waals surface area (Å²) in [6.07, 6.45) is 2.24. The van der Waals surface area contributed by atoms with Crippen molar-refractivity contribution >= 4 is 5.97 Å². The van der Waals surface area contributed by atoms with E-state index in [1.807, 2.05) is 24.3 Å². The summed E-state index contributed by atoms with van der Waals surface area (Å²) in [6, 6.07) is 7.53. The Hall–Kier alpha value is -1.55. The molecule has 92 valence electrons. The topological polar surface area (TPSA) is 47.6 Å². The Morgan fingerprint density at radius 2 is 2.18 bits per heavy atom. The molecule has 1 unspecified atom stereocenters. The Kier molecular flexibility index (Phi) is 3.64. The van der Waals surface area contributed by atoms with Crippen LogP contribution in [-0.2, 0) is 9.53 Å². The maximum absolute atomic E-state index is 11.7. The maximum atomic E-state index is 11.7. The van der Waals surface area contributed by atoms with E-state index in [9.17, 15) is 4.79 Å². The Balaban J connectivity index is 2.19. The van der Waals surface area contributed by atoms with Crippen LogP contribution in [0.2, 0.25) is 0 Å². The molecule has 0 radical (unpaired) electrons. The minimum absolute atomic E-state index is 0.259. The molecule has 1 N–H and O–H groups in total. The Morgan fingerprint density at radius 3 is 2.76 bits per heavy atom. The molecule has 0 aliphatic heterocycles. The van der Waals surface area contributed by atoms with Gasteiger partial charge in [0, 0.05) is 6.04 Å². The molecule has 1 atom stereocenters. The number of benzene rings is 1. The van der Waals surface area contributed by atoms with E-state index in [0.29, 0.717) is 6.04 Å². The highest BCUT2D eigenvalue weighted by atomic mass is 16.5. The van der Waals surface area contributed by atoms with Crippen LogP contribution in [-0.4, -0.2) is 26.2 Å². The summed E-state index contributed by atoms with van der Waals surface area (Å²) >= 11 is 0. The van der Waals surface area contributed by atoms with Crippen LogP contribution >= 0.6 is 0 Å². The smallest absolute Gasteiger partial charge is 0.327 e. The lowest BCUT2D eigenvalue weighted by Gasteiger charge is -2.17. The maximum Gasteiger partial charge on any atom is 0.327 e. The van der Waals surface area contributed by atoms with Crippen molar-refractivity contribution in [2.24, 2.45) is 0 Å². The number of carbonyl (C=O) groups is 1. The zero-order chi connectivity index (χ0) is 12.3. The molecule has 4 nitrogen and oxygen atoms in total. The van der Waals surface area contributed by atoms with Crippen LogP contribution in [0, 0.1) is 0 Å². The summed E-state index contributed by atoms with van der Waals surface area (Å²) in [4.78, 5) is 11.7. The van der Waals surface area contributed by atoms with Gasteiger partial charge in [0.25, 0.3) is 0 Å². The fraction of sp³-hybridized carbons (Fsp3) is 0.462. The van der Waals surface area contributed by atoms with E-state index in [2.05, 4.69) is 5.32 Å². The number of hydrogen-bond donors (Lipinski definition) is 1. The minimum Gasteiger partial charge on any atom is -0.497 e. The zero-order valence-electron chi connectivity index (χ0n) is 10.1. The van der Waals surface area contributed by atoms with Gasteiger partial charge in [-0.3, -0.25) is 5.32 Å². The molecule has 0 heterocycles. The van der Waals surface area contributed by atoms with Gasteiger partial charge in [0.05, 0.1) is 14.2 Å². The van der Waals surface area contributed by atoms with Gasteiger partial charge in [0.15, 0.2) is 0 Å². The van der Waals surface area contributed by atoms with Gasteiger partial charge in [-0.2, -0.15) is 0 Å². The lowest BCUT2D eigenvalue weighted by atomic mass is 10.1. The number of hydrogen-bond acceptors (Lipinski definition) is 4. The lowest BCUT2D eigenvalue weighted by molar-refractivity contribution is -0.143. The average molecular weight is 235 g/mol. The first kappa shape index (κ1) is 11.9. The van der Waals surface area contributed by atoms with E-state index < -0.39 is 6.04 Å². The summed E-state index contributed by atoms with van der Waals surface area (Å²) in [6.45, 7) is 0. The lowest BCUT2D eigenvalue weighted by Crippen LogP contribution is -2.31. The molecule has 4 heteroatoms. The minimum atomic E-state index is -0.400. The predicted octanol–water partition coefficient (Wildman–Crippen LogP) is 1.66. The van der Waals surface area contributed by atoms with Crippen molar-refractivity contribution in [1.82, 2.24) is 5.32 Å². The normalized spacial score (nSPS) is 16.4. The number of rotatable bonds is 5. The van der Waals surface area contributed by atoms with Gasteiger partial charge in [-0.05, 0) is 30.5 Å². The van der Waals surface area contributed by atoms with Crippen LogP contribution in [0.15, 0.2) is 24.3 Å². The highest BCUT2D eigenvalue weighted by Gasteiger charge is 2.30. The largest absolute Gasteiger partial charge is 0.497 e. The molecule has 0 saturated heterocycles. The highest BCUT2D eigenvalue weighted by Crippen LogP contribution is 2.26. The van der Waals surface area contributed by atoms with Crippen LogP contribution in [0.5, 0.6) is 5.75 Å². The van der Waals surface area contributed by atoms with E-state index in [-0.39, 0.29) is 5.97 Å². The molecule has 17 heavy (non-hydrogen) atoms. The van der Waals surface area contributed by atoms with Crippen molar-refractivity contribution in [3.63, 3.8) is 0 Å². The summed E-state index contributed by atoms with van der Waals surface area (Å²) in [5.74, 6) is 0.485. The fourth-order valence-corrected chi connectivity index (χ4v) is 1.72. The molecule has 1 aromatic rings. The van der Waals surface area contributed by atoms with Crippen LogP contribution in [0.4, 0.5) is 0 Å². The molecule has 0 amide bonds. The molecule has 1 saturated carbocycles. The second kappa shape index (κ2) is 5.19. The molecule has 0 spiro atoms. The summed E-state index contributed by atoms with van der Waals surface area (Å²) in [5, 5.41) is 3.28. The van der Waals surface area contributed by atoms with Gasteiger partial charge >= 0.3 is 5.97 Å². The first-order valence-corrected chi connectivity index (χ1v) is 5.72. The third-order valence-electron chi connectivity index (χ3n) is 2.84. The number of methoxy groups -OCH3 is 2. The second-order valence-electron chi connectivity index (χ2n) is 4.17. The molecule has 2 rings (SSSR count). The summed E-state index contributed by atoms with van der Waals surface area (Å²) < 4.78 is 9.99. The van der Waals surface area contributed by atoms with Gasteiger partial charge < -0.3 is 9.47 Å². The number of ether oxygens (including phenoxy) is 2. The molecule has 0 bridgehead atoms. The van der Waals surface area contributed by atoms with Gasteiger partial charge in [-0.25, -0.2) is 4.79 Å². The van der Waals surface area contributed by atoms with Crippen molar-refractivity contribution in [3.05, 3.63) is 29.8 Å². The molecular weight excluding hydrogens is 218 g/mol. The molecule has 0 aromatic heterocycles. The van der Waals surface area contributed by atoms with E-state index in [4.69, 9.17) is 9.47 Å². The van der Waals surface area contributed by atoms with E-state index in [1.54, 1.807) is 7.11 Å². The number of nitrogens with one attached hydrogen (secondary N) is 1. The van der Waals surface area contributed by atoms with E-state index in [0.717, 1.165) is 24.2 Å². The van der Waals surface area contributed by atoms with Gasteiger partial charge in [0.1, 0.15) is 11.8 Å². The van der Waals surface area contributed by atoms with E-state index >= 15 is 0 Å². The first-order chi connectivity index (χ1) is 8.24. The highest BCUT2D eigenvalue weighted by molar-refractivity contribution is 5.77. The Bertz CT molecular complexity index is 401. The van der Waals surface area contributed by atoms with Gasteiger partial charge in [-0.1, -0.05) is 12.1 Å². The Labute approximate surface area is 101 Å². The SMILES string of the molecule is COC(=O)C(NC1CC1)c1cccc(OC)c1. The summed E-state index contributed by atoms with van der Waals surface area (Å²) in [5.41, 5.74) is 0.878. The number of esters is 1. The molecule has 1 aliphatic carbocycles. The monoisotopic (exact) mass is 235 g/mol. The van der Waals surface area contributed by atoms with Crippen molar-refractivity contribution in [3.8, 4) is 5.75 Å². The van der Waals surface area contributed by atoms with Crippen LogP contribution in [0.3, 0.4) is 0 Å².